The minimum atomic E-state index is -1.38. The van der Waals surface area contributed by atoms with Crippen LogP contribution < -0.4 is 11.1 Å². The lowest BCUT2D eigenvalue weighted by molar-refractivity contribution is -0.125. The molecule has 1 aromatic carbocycles. The number of aliphatic hydroxyl groups excluding tert-OH is 1. The number of aliphatic hydroxyl groups is 1. The first-order valence-corrected chi connectivity index (χ1v) is 6.52. The van der Waals surface area contributed by atoms with Gasteiger partial charge in [0.1, 0.15) is 11.8 Å². The van der Waals surface area contributed by atoms with Crippen molar-refractivity contribution in [3.63, 3.8) is 0 Å². The van der Waals surface area contributed by atoms with Crippen molar-refractivity contribution in [3.05, 3.63) is 59.9 Å². The number of hydrogen-bond acceptors (Lipinski definition) is 3. The predicted octanol–water partition coefficient (Wildman–Crippen LogP) is 0.112. The number of hydrogen-bond donors (Lipinski definition) is 3. The van der Waals surface area contributed by atoms with Crippen molar-refractivity contribution in [1.82, 2.24) is 9.88 Å². The lowest BCUT2D eigenvalue weighted by atomic mass is 10.2. The maximum atomic E-state index is 12.0. The standard InChI is InChI=1S/C15H17N3O3/c16-14(20)13(19)9-17-15(21)12-7-4-8-18(12)10-11-5-2-1-3-6-11/h1-8,13,19H,9-10H2,(H2,16,20)(H,17,21). The van der Waals surface area contributed by atoms with Crippen LogP contribution in [0.3, 0.4) is 0 Å². The monoisotopic (exact) mass is 287 g/mol. The summed E-state index contributed by atoms with van der Waals surface area (Å²) in [6, 6.07) is 13.2. The molecular formula is C15H17N3O3. The highest BCUT2D eigenvalue weighted by Gasteiger charge is 2.15. The van der Waals surface area contributed by atoms with E-state index in [1.807, 2.05) is 30.3 Å². The Bertz CT molecular complexity index is 622. The first kappa shape index (κ1) is 14.8. The van der Waals surface area contributed by atoms with E-state index in [2.05, 4.69) is 5.32 Å². The Kier molecular flexibility index (Phi) is 4.73. The van der Waals surface area contributed by atoms with E-state index in [1.165, 1.54) is 0 Å². The van der Waals surface area contributed by atoms with Crippen LogP contribution in [-0.2, 0) is 11.3 Å². The number of benzene rings is 1. The van der Waals surface area contributed by atoms with Gasteiger partial charge in [-0.3, -0.25) is 9.59 Å². The number of rotatable bonds is 6. The van der Waals surface area contributed by atoms with Gasteiger partial charge in [-0.25, -0.2) is 0 Å². The van der Waals surface area contributed by atoms with Crippen molar-refractivity contribution in [2.75, 3.05) is 6.54 Å². The summed E-state index contributed by atoms with van der Waals surface area (Å²) in [5.41, 5.74) is 6.45. The minimum Gasteiger partial charge on any atom is -0.381 e. The molecule has 21 heavy (non-hydrogen) atoms. The zero-order valence-electron chi connectivity index (χ0n) is 11.4. The number of nitrogens with zero attached hydrogens (tertiary/aromatic N) is 1. The molecule has 1 heterocycles. The van der Waals surface area contributed by atoms with Gasteiger partial charge in [0.05, 0.1) is 6.54 Å². The molecule has 0 spiro atoms. The molecule has 0 aliphatic carbocycles. The Balaban J connectivity index is 2.02. The van der Waals surface area contributed by atoms with Crippen LogP contribution in [0.4, 0.5) is 0 Å². The second kappa shape index (κ2) is 6.71. The van der Waals surface area contributed by atoms with E-state index >= 15 is 0 Å². The van der Waals surface area contributed by atoms with Gasteiger partial charge in [0.2, 0.25) is 5.91 Å². The topological polar surface area (TPSA) is 97.4 Å². The summed E-state index contributed by atoms with van der Waals surface area (Å²) in [6.45, 7) is 0.361. The summed E-state index contributed by atoms with van der Waals surface area (Å²) >= 11 is 0. The Morgan fingerprint density at radius 1 is 1.19 bits per heavy atom. The fraction of sp³-hybridized carbons (Fsp3) is 0.200. The molecule has 2 rings (SSSR count). The van der Waals surface area contributed by atoms with Crippen LogP contribution >= 0.6 is 0 Å². The Morgan fingerprint density at radius 2 is 1.90 bits per heavy atom. The van der Waals surface area contributed by atoms with Crippen molar-refractivity contribution in [1.29, 1.82) is 0 Å². The number of primary amides is 1. The maximum absolute atomic E-state index is 12.0. The predicted molar refractivity (Wildman–Crippen MR) is 77.5 cm³/mol. The Labute approximate surface area is 122 Å². The van der Waals surface area contributed by atoms with Crippen molar-refractivity contribution in [2.45, 2.75) is 12.6 Å². The van der Waals surface area contributed by atoms with Gasteiger partial charge in [-0.2, -0.15) is 0 Å². The molecule has 0 saturated heterocycles. The van der Waals surface area contributed by atoms with Gasteiger partial charge in [0.15, 0.2) is 0 Å². The molecule has 2 aromatic rings. The highest BCUT2D eigenvalue weighted by molar-refractivity contribution is 5.93. The van der Waals surface area contributed by atoms with E-state index in [0.29, 0.717) is 12.2 Å². The van der Waals surface area contributed by atoms with Crippen LogP contribution in [0.15, 0.2) is 48.7 Å². The second-order valence-electron chi connectivity index (χ2n) is 4.64. The van der Waals surface area contributed by atoms with Crippen molar-refractivity contribution in [3.8, 4) is 0 Å². The molecule has 0 fully saturated rings. The summed E-state index contributed by atoms with van der Waals surface area (Å²) in [7, 11) is 0. The van der Waals surface area contributed by atoms with Gasteiger partial charge >= 0.3 is 0 Å². The number of amides is 2. The normalized spacial score (nSPS) is 11.9. The third-order valence-electron chi connectivity index (χ3n) is 3.04. The molecular weight excluding hydrogens is 270 g/mol. The third-order valence-corrected chi connectivity index (χ3v) is 3.04. The Hall–Kier alpha value is -2.60. The lowest BCUT2D eigenvalue weighted by Crippen LogP contribution is -2.40. The molecule has 1 unspecified atom stereocenters. The van der Waals surface area contributed by atoms with Gasteiger partial charge in [-0.15, -0.1) is 0 Å². The summed E-state index contributed by atoms with van der Waals surface area (Å²) in [5.74, 6) is -1.23. The zero-order valence-corrected chi connectivity index (χ0v) is 11.4. The number of carbonyl (C=O) groups is 2. The highest BCUT2D eigenvalue weighted by Crippen LogP contribution is 2.07. The molecule has 0 aliphatic heterocycles. The van der Waals surface area contributed by atoms with E-state index in [9.17, 15) is 14.7 Å². The van der Waals surface area contributed by atoms with Gasteiger partial charge in [0, 0.05) is 12.7 Å². The van der Waals surface area contributed by atoms with E-state index in [0.717, 1.165) is 5.56 Å². The molecule has 6 nitrogen and oxygen atoms in total. The fourth-order valence-electron chi connectivity index (χ4n) is 1.92. The van der Waals surface area contributed by atoms with Crippen LogP contribution in [0.25, 0.3) is 0 Å². The quantitative estimate of drug-likeness (QED) is 0.703. The van der Waals surface area contributed by atoms with E-state index in [1.54, 1.807) is 22.9 Å². The van der Waals surface area contributed by atoms with Crippen molar-refractivity contribution in [2.24, 2.45) is 5.73 Å². The summed E-state index contributed by atoms with van der Waals surface area (Å²) in [5, 5.41) is 11.8. The van der Waals surface area contributed by atoms with Crippen LogP contribution in [0.2, 0.25) is 0 Å². The average Bonchev–Trinajstić information content (AvgIpc) is 2.93. The summed E-state index contributed by atoms with van der Waals surface area (Å²) < 4.78 is 1.79. The fourth-order valence-corrected chi connectivity index (χ4v) is 1.92. The van der Waals surface area contributed by atoms with E-state index < -0.39 is 12.0 Å². The molecule has 0 saturated carbocycles. The summed E-state index contributed by atoms with van der Waals surface area (Å²) in [4.78, 5) is 22.8. The van der Waals surface area contributed by atoms with E-state index in [-0.39, 0.29) is 12.5 Å². The molecule has 1 aromatic heterocycles. The number of nitrogens with one attached hydrogen (secondary N) is 1. The Morgan fingerprint density at radius 3 is 2.57 bits per heavy atom. The largest absolute Gasteiger partial charge is 0.381 e. The first-order chi connectivity index (χ1) is 10.1. The van der Waals surface area contributed by atoms with Crippen LogP contribution in [0, 0.1) is 0 Å². The van der Waals surface area contributed by atoms with Crippen LogP contribution in [-0.4, -0.2) is 34.1 Å². The zero-order chi connectivity index (χ0) is 15.2. The average molecular weight is 287 g/mol. The molecule has 4 N–H and O–H groups in total. The third kappa shape index (κ3) is 3.93. The van der Waals surface area contributed by atoms with Gasteiger partial charge in [-0.1, -0.05) is 30.3 Å². The number of aromatic nitrogens is 1. The van der Waals surface area contributed by atoms with Crippen LogP contribution in [0.1, 0.15) is 16.1 Å². The first-order valence-electron chi connectivity index (χ1n) is 6.52. The van der Waals surface area contributed by atoms with E-state index in [4.69, 9.17) is 5.73 Å². The molecule has 110 valence electrons. The molecule has 1 atom stereocenters. The highest BCUT2D eigenvalue weighted by atomic mass is 16.3. The molecule has 0 radical (unpaired) electrons. The van der Waals surface area contributed by atoms with Gasteiger partial charge in [-0.05, 0) is 17.7 Å². The minimum absolute atomic E-state index is 0.204. The number of nitrogens with two attached hydrogens (primary N) is 1. The van der Waals surface area contributed by atoms with Crippen molar-refractivity contribution >= 4 is 11.8 Å². The lowest BCUT2D eigenvalue weighted by Gasteiger charge is -2.11. The van der Waals surface area contributed by atoms with Gasteiger partial charge < -0.3 is 20.7 Å². The van der Waals surface area contributed by atoms with Gasteiger partial charge in [0.25, 0.3) is 5.91 Å². The number of carbonyl (C=O) groups excluding carboxylic acids is 2. The maximum Gasteiger partial charge on any atom is 0.268 e. The molecule has 6 heteroatoms. The van der Waals surface area contributed by atoms with Crippen LogP contribution in [0.5, 0.6) is 0 Å². The smallest absolute Gasteiger partial charge is 0.268 e. The summed E-state index contributed by atoms with van der Waals surface area (Å²) in [6.07, 6.45) is 0.415. The second-order valence-corrected chi connectivity index (χ2v) is 4.64. The molecule has 2 amide bonds. The van der Waals surface area contributed by atoms with Crippen molar-refractivity contribution < 1.29 is 14.7 Å². The SMILES string of the molecule is NC(=O)C(O)CNC(=O)c1cccn1Cc1ccccc1. The molecule has 0 bridgehead atoms. The molecule has 0 aliphatic rings.